The summed E-state index contributed by atoms with van der Waals surface area (Å²) in [7, 11) is 0. The van der Waals surface area contributed by atoms with E-state index >= 15 is 0 Å². The predicted molar refractivity (Wildman–Crippen MR) is 145 cm³/mol. The summed E-state index contributed by atoms with van der Waals surface area (Å²) < 4.78 is 7.63. The number of nitrogens with zero attached hydrogens (tertiary/aromatic N) is 4. The monoisotopic (exact) mass is 498 g/mol. The largest absolute Gasteiger partial charge is 0.492 e. The molecular weight excluding hydrogens is 464 g/mol. The Hall–Kier alpha value is -3.71. The van der Waals surface area contributed by atoms with Crippen molar-refractivity contribution in [3.8, 4) is 11.4 Å². The Morgan fingerprint density at radius 2 is 1.78 bits per heavy atom. The second-order valence-electron chi connectivity index (χ2n) is 9.68. The normalized spacial score (nSPS) is 16.4. The molecule has 1 saturated heterocycles. The molecule has 0 bridgehead atoms. The molecule has 0 saturated carbocycles. The molecule has 7 nitrogen and oxygen atoms in total. The Bertz CT molecular complexity index is 1370. The van der Waals surface area contributed by atoms with E-state index in [1.54, 1.807) is 4.57 Å². The van der Waals surface area contributed by atoms with Crippen molar-refractivity contribution in [3.63, 3.8) is 0 Å². The van der Waals surface area contributed by atoms with Crippen LogP contribution in [0.5, 0.6) is 5.75 Å². The van der Waals surface area contributed by atoms with Crippen molar-refractivity contribution >= 4 is 12.0 Å². The number of hydrogen-bond donors (Lipinski definition) is 0. The molecule has 2 aromatic carbocycles. The molecule has 0 spiro atoms. The summed E-state index contributed by atoms with van der Waals surface area (Å²) in [4.78, 5) is 36.2. The van der Waals surface area contributed by atoms with E-state index in [0.717, 1.165) is 29.7 Å². The SMILES string of the molecule is CCOc1ccccc1-n1c(C(C)N2CCN(C(=O)c3ccc(C)cc3)CC2)nc2c(c1=O)C=CCC2. The zero-order chi connectivity index (χ0) is 25.9. The Morgan fingerprint density at radius 3 is 2.51 bits per heavy atom. The van der Waals surface area contributed by atoms with Crippen molar-refractivity contribution in [3.05, 3.63) is 93.2 Å². The van der Waals surface area contributed by atoms with Gasteiger partial charge in [0.05, 0.1) is 29.6 Å². The highest BCUT2D eigenvalue weighted by atomic mass is 16.5. The molecule has 37 heavy (non-hydrogen) atoms. The lowest BCUT2D eigenvalue weighted by atomic mass is 10.0. The Balaban J connectivity index is 1.45. The molecule has 5 rings (SSSR count). The van der Waals surface area contributed by atoms with Crippen LogP contribution in [0.2, 0.25) is 0 Å². The average Bonchev–Trinajstić information content (AvgIpc) is 2.93. The third kappa shape index (κ3) is 4.96. The predicted octanol–water partition coefficient (Wildman–Crippen LogP) is 4.42. The number of ether oxygens (including phenoxy) is 1. The van der Waals surface area contributed by atoms with Crippen molar-refractivity contribution < 1.29 is 9.53 Å². The average molecular weight is 499 g/mol. The second-order valence-corrected chi connectivity index (χ2v) is 9.68. The molecule has 3 aromatic rings. The Labute approximate surface area is 218 Å². The van der Waals surface area contributed by atoms with Gasteiger partial charge in [0.15, 0.2) is 0 Å². The summed E-state index contributed by atoms with van der Waals surface area (Å²) in [6.45, 7) is 9.24. The maximum absolute atomic E-state index is 13.8. The minimum absolute atomic E-state index is 0.0635. The van der Waals surface area contributed by atoms with E-state index in [1.807, 2.05) is 79.4 Å². The van der Waals surface area contributed by atoms with Gasteiger partial charge in [-0.2, -0.15) is 0 Å². The molecular formula is C30H34N4O3. The number of para-hydroxylation sites is 2. The van der Waals surface area contributed by atoms with E-state index in [-0.39, 0.29) is 17.5 Å². The van der Waals surface area contributed by atoms with Gasteiger partial charge in [-0.25, -0.2) is 4.98 Å². The number of benzene rings is 2. The number of fused-ring (bicyclic) bond motifs is 1. The molecule has 2 heterocycles. The number of carbonyl (C=O) groups excluding carboxylic acids is 1. The van der Waals surface area contributed by atoms with E-state index < -0.39 is 0 Å². The van der Waals surface area contributed by atoms with Crippen molar-refractivity contribution in [1.29, 1.82) is 0 Å². The first-order valence-electron chi connectivity index (χ1n) is 13.1. The number of carbonyl (C=O) groups is 1. The fourth-order valence-corrected chi connectivity index (χ4v) is 5.16. The smallest absolute Gasteiger partial charge is 0.265 e. The molecule has 1 fully saturated rings. The van der Waals surface area contributed by atoms with Crippen LogP contribution < -0.4 is 10.3 Å². The summed E-state index contributed by atoms with van der Waals surface area (Å²) >= 11 is 0. The lowest BCUT2D eigenvalue weighted by Gasteiger charge is -2.38. The zero-order valence-corrected chi connectivity index (χ0v) is 21.8. The van der Waals surface area contributed by atoms with E-state index in [1.165, 1.54) is 0 Å². The van der Waals surface area contributed by atoms with Gasteiger partial charge in [0.25, 0.3) is 11.5 Å². The van der Waals surface area contributed by atoms with Gasteiger partial charge in [-0.15, -0.1) is 0 Å². The number of rotatable bonds is 6. The second kappa shape index (κ2) is 10.7. The van der Waals surface area contributed by atoms with Gasteiger partial charge in [-0.3, -0.25) is 19.1 Å². The number of allylic oxidation sites excluding steroid dienone is 1. The topological polar surface area (TPSA) is 67.7 Å². The molecule has 1 aliphatic carbocycles. The molecule has 192 valence electrons. The molecule has 1 atom stereocenters. The van der Waals surface area contributed by atoms with Crippen LogP contribution in [-0.4, -0.2) is 58.0 Å². The molecule has 7 heteroatoms. The van der Waals surface area contributed by atoms with Crippen LogP contribution in [-0.2, 0) is 6.42 Å². The van der Waals surface area contributed by atoms with E-state index in [0.29, 0.717) is 55.6 Å². The third-order valence-corrected chi connectivity index (χ3v) is 7.28. The summed E-state index contributed by atoms with van der Waals surface area (Å²) in [6.07, 6.45) is 5.58. The van der Waals surface area contributed by atoms with Crippen LogP contribution in [0.1, 0.15) is 59.3 Å². The van der Waals surface area contributed by atoms with Gasteiger partial charge in [0.1, 0.15) is 11.6 Å². The van der Waals surface area contributed by atoms with Crippen LogP contribution in [0.4, 0.5) is 0 Å². The lowest BCUT2D eigenvalue weighted by Crippen LogP contribution is -2.50. The number of aromatic nitrogens is 2. The highest BCUT2D eigenvalue weighted by Gasteiger charge is 2.30. The first-order valence-corrected chi connectivity index (χ1v) is 13.1. The van der Waals surface area contributed by atoms with Gasteiger partial charge in [-0.05, 0) is 57.9 Å². The maximum Gasteiger partial charge on any atom is 0.265 e. The summed E-state index contributed by atoms with van der Waals surface area (Å²) in [5, 5.41) is 0. The fourth-order valence-electron chi connectivity index (χ4n) is 5.16. The first kappa shape index (κ1) is 25.0. The molecule has 0 N–H and O–H groups in total. The van der Waals surface area contributed by atoms with E-state index in [9.17, 15) is 9.59 Å². The molecule has 0 radical (unpaired) electrons. The molecule has 1 unspecified atom stereocenters. The minimum atomic E-state index is -0.116. The molecule has 1 aliphatic heterocycles. The zero-order valence-electron chi connectivity index (χ0n) is 21.8. The van der Waals surface area contributed by atoms with Gasteiger partial charge in [0, 0.05) is 31.7 Å². The van der Waals surface area contributed by atoms with E-state index in [4.69, 9.17) is 9.72 Å². The Kier molecular flexibility index (Phi) is 7.24. The standard InChI is InChI=1S/C30H34N4O3/c1-4-37-27-12-8-7-11-26(27)34-28(31-25-10-6-5-9-24(25)30(34)36)22(3)32-17-19-33(20-18-32)29(35)23-15-13-21(2)14-16-23/h5,7-9,11-16,22H,4,6,10,17-20H2,1-3H3. The van der Waals surface area contributed by atoms with Crippen LogP contribution >= 0.6 is 0 Å². The van der Waals surface area contributed by atoms with Crippen molar-refractivity contribution in [2.24, 2.45) is 0 Å². The van der Waals surface area contributed by atoms with Crippen molar-refractivity contribution in [1.82, 2.24) is 19.4 Å². The first-order chi connectivity index (χ1) is 18.0. The minimum Gasteiger partial charge on any atom is -0.492 e. The highest BCUT2D eigenvalue weighted by Crippen LogP contribution is 2.29. The van der Waals surface area contributed by atoms with Gasteiger partial charge in [-0.1, -0.05) is 42.0 Å². The van der Waals surface area contributed by atoms with Gasteiger partial charge in [0.2, 0.25) is 0 Å². The summed E-state index contributed by atoms with van der Waals surface area (Å²) in [5.74, 6) is 1.44. The molecule has 1 aromatic heterocycles. The number of piperazine rings is 1. The van der Waals surface area contributed by atoms with Crippen LogP contribution in [0.15, 0.2) is 59.4 Å². The highest BCUT2D eigenvalue weighted by molar-refractivity contribution is 5.94. The number of hydrogen-bond acceptors (Lipinski definition) is 5. The molecule has 1 amide bonds. The number of amides is 1. The number of aryl methyl sites for hydroxylation is 2. The summed E-state index contributed by atoms with van der Waals surface area (Å²) in [5.41, 5.74) is 4.01. The summed E-state index contributed by atoms with van der Waals surface area (Å²) in [6, 6.07) is 15.3. The molecule has 2 aliphatic rings. The Morgan fingerprint density at radius 1 is 1.05 bits per heavy atom. The van der Waals surface area contributed by atoms with Gasteiger partial charge >= 0.3 is 0 Å². The van der Waals surface area contributed by atoms with Gasteiger partial charge < -0.3 is 9.64 Å². The van der Waals surface area contributed by atoms with Crippen LogP contribution in [0.3, 0.4) is 0 Å². The van der Waals surface area contributed by atoms with Crippen molar-refractivity contribution in [2.75, 3.05) is 32.8 Å². The lowest BCUT2D eigenvalue weighted by molar-refractivity contribution is 0.0572. The third-order valence-electron chi connectivity index (χ3n) is 7.28. The fraction of sp³-hybridized carbons (Fsp3) is 0.367. The van der Waals surface area contributed by atoms with Crippen molar-refractivity contribution in [2.45, 2.75) is 39.7 Å². The van der Waals surface area contributed by atoms with Crippen LogP contribution in [0.25, 0.3) is 11.8 Å². The van der Waals surface area contributed by atoms with Crippen LogP contribution in [0, 0.1) is 6.92 Å². The van der Waals surface area contributed by atoms with E-state index in [2.05, 4.69) is 11.8 Å². The maximum atomic E-state index is 13.8. The quantitative estimate of drug-likeness (QED) is 0.503.